The van der Waals surface area contributed by atoms with Crippen LogP contribution in [-0.2, 0) is 23.9 Å². The molecular formula is C17H16F3N3O2. The zero-order valence-corrected chi connectivity index (χ0v) is 13.6. The van der Waals surface area contributed by atoms with Crippen molar-refractivity contribution in [3.63, 3.8) is 0 Å². The molecule has 0 saturated heterocycles. The van der Waals surface area contributed by atoms with Crippen LogP contribution < -0.4 is 0 Å². The summed E-state index contributed by atoms with van der Waals surface area (Å²) in [7, 11) is 0. The number of aromatic nitrogens is 2. The number of aryl methyl sites for hydroxylation is 1. The van der Waals surface area contributed by atoms with Crippen LogP contribution in [-0.4, -0.2) is 26.3 Å². The first-order valence-electron chi connectivity index (χ1n) is 7.35. The Labute approximate surface area is 142 Å². The molecule has 0 saturated carbocycles. The lowest BCUT2D eigenvalue weighted by molar-refractivity contribution is -0.137. The SMILES string of the molecule is [C-]#[N+]c1ccc(CC(=O)[C@@](C)(O)Cn2cc(C(F)(F)F)cn2)cc1C. The Morgan fingerprint density at radius 1 is 1.40 bits per heavy atom. The lowest BCUT2D eigenvalue weighted by Gasteiger charge is -2.22. The third kappa shape index (κ3) is 4.45. The van der Waals surface area contributed by atoms with Gasteiger partial charge < -0.3 is 5.11 Å². The minimum absolute atomic E-state index is 0.0977. The van der Waals surface area contributed by atoms with E-state index in [1.807, 2.05) is 0 Å². The largest absolute Gasteiger partial charge is 0.419 e. The number of halogens is 3. The summed E-state index contributed by atoms with van der Waals surface area (Å²) in [6.07, 6.45) is -3.24. The third-order valence-electron chi connectivity index (χ3n) is 3.78. The number of hydrogen-bond acceptors (Lipinski definition) is 3. The van der Waals surface area contributed by atoms with Gasteiger partial charge >= 0.3 is 6.18 Å². The summed E-state index contributed by atoms with van der Waals surface area (Å²) < 4.78 is 38.6. The molecule has 25 heavy (non-hydrogen) atoms. The molecule has 0 aliphatic rings. The fourth-order valence-corrected chi connectivity index (χ4v) is 2.33. The molecule has 0 amide bonds. The van der Waals surface area contributed by atoms with E-state index in [2.05, 4.69) is 9.94 Å². The van der Waals surface area contributed by atoms with Crippen LogP contribution in [0.15, 0.2) is 30.6 Å². The first-order chi connectivity index (χ1) is 11.5. The summed E-state index contributed by atoms with van der Waals surface area (Å²) in [6, 6.07) is 4.88. The van der Waals surface area contributed by atoms with Gasteiger partial charge in [-0.25, -0.2) is 4.85 Å². The summed E-state index contributed by atoms with van der Waals surface area (Å²) in [6.45, 7) is 9.59. The normalized spacial score (nSPS) is 14.0. The number of carbonyl (C=O) groups excluding carboxylic acids is 1. The molecule has 5 nitrogen and oxygen atoms in total. The number of Topliss-reactive ketones (excluding diaryl/α,β-unsaturated/α-hetero) is 1. The maximum atomic E-state index is 12.6. The number of aliphatic hydroxyl groups is 1. The summed E-state index contributed by atoms with van der Waals surface area (Å²) in [4.78, 5) is 15.7. The van der Waals surface area contributed by atoms with Crippen molar-refractivity contribution in [3.8, 4) is 0 Å². The summed E-state index contributed by atoms with van der Waals surface area (Å²) in [5.41, 5.74) is -1.02. The first kappa shape index (κ1) is 18.7. The number of ketones is 1. The predicted molar refractivity (Wildman–Crippen MR) is 84.0 cm³/mol. The molecule has 1 aromatic carbocycles. The number of benzene rings is 1. The number of rotatable bonds is 5. The average molecular weight is 351 g/mol. The molecule has 2 aromatic rings. The smallest absolute Gasteiger partial charge is 0.380 e. The van der Waals surface area contributed by atoms with E-state index in [4.69, 9.17) is 6.57 Å². The van der Waals surface area contributed by atoms with Crippen LogP contribution in [0, 0.1) is 13.5 Å². The molecule has 0 fully saturated rings. The zero-order chi connectivity index (χ0) is 18.8. The quantitative estimate of drug-likeness (QED) is 0.841. The van der Waals surface area contributed by atoms with E-state index in [1.165, 1.54) is 6.92 Å². The van der Waals surface area contributed by atoms with Crippen molar-refractivity contribution in [1.29, 1.82) is 0 Å². The highest BCUT2D eigenvalue weighted by atomic mass is 19.4. The van der Waals surface area contributed by atoms with E-state index in [-0.39, 0.29) is 13.0 Å². The molecule has 0 spiro atoms. The lowest BCUT2D eigenvalue weighted by Crippen LogP contribution is -2.40. The monoisotopic (exact) mass is 351 g/mol. The standard InChI is InChI=1S/C17H16F3N3O2/c1-11-6-12(4-5-14(11)21-3)7-15(24)16(2,25)10-23-9-13(8-22-23)17(18,19)20/h4-6,8-9,25H,7,10H2,1-2H3/t16-/m0/s1. The van der Waals surface area contributed by atoms with Crippen molar-refractivity contribution in [1.82, 2.24) is 9.78 Å². The van der Waals surface area contributed by atoms with E-state index in [0.717, 1.165) is 10.9 Å². The molecule has 0 unspecified atom stereocenters. The highest BCUT2D eigenvalue weighted by molar-refractivity contribution is 5.88. The van der Waals surface area contributed by atoms with Gasteiger partial charge in [0.05, 0.1) is 24.9 Å². The van der Waals surface area contributed by atoms with Crippen LogP contribution in [0.1, 0.15) is 23.6 Å². The molecule has 1 heterocycles. The Kier molecular flexibility index (Phi) is 4.99. The van der Waals surface area contributed by atoms with Crippen molar-refractivity contribution in [2.45, 2.75) is 38.6 Å². The molecular weight excluding hydrogens is 335 g/mol. The maximum absolute atomic E-state index is 12.6. The van der Waals surface area contributed by atoms with Crippen LogP contribution in [0.2, 0.25) is 0 Å². The molecule has 8 heteroatoms. The zero-order valence-electron chi connectivity index (χ0n) is 13.6. The average Bonchev–Trinajstić information content (AvgIpc) is 2.95. The van der Waals surface area contributed by atoms with Crippen LogP contribution in [0.5, 0.6) is 0 Å². The number of alkyl halides is 3. The molecule has 1 N–H and O–H groups in total. The molecule has 0 aliphatic heterocycles. The predicted octanol–water partition coefficient (Wildman–Crippen LogP) is 3.32. The van der Waals surface area contributed by atoms with Gasteiger partial charge in [0.1, 0.15) is 5.60 Å². The van der Waals surface area contributed by atoms with Gasteiger partial charge in [0.2, 0.25) is 0 Å². The van der Waals surface area contributed by atoms with Crippen molar-refractivity contribution in [2.24, 2.45) is 0 Å². The second kappa shape index (κ2) is 6.69. The molecule has 132 valence electrons. The Morgan fingerprint density at radius 3 is 2.60 bits per heavy atom. The summed E-state index contributed by atoms with van der Waals surface area (Å²) in [5.74, 6) is -0.550. The lowest BCUT2D eigenvalue weighted by atomic mass is 9.94. The van der Waals surface area contributed by atoms with Crippen molar-refractivity contribution in [2.75, 3.05) is 0 Å². The van der Waals surface area contributed by atoms with Gasteiger partial charge in [0.15, 0.2) is 11.5 Å². The number of nitrogens with zero attached hydrogens (tertiary/aromatic N) is 3. The van der Waals surface area contributed by atoms with Gasteiger partial charge in [-0.05, 0) is 25.0 Å². The highest BCUT2D eigenvalue weighted by Crippen LogP contribution is 2.29. The van der Waals surface area contributed by atoms with Crippen molar-refractivity contribution < 1.29 is 23.1 Å². The Hall–Kier alpha value is -2.66. The highest BCUT2D eigenvalue weighted by Gasteiger charge is 2.34. The fourth-order valence-electron chi connectivity index (χ4n) is 2.33. The Bertz CT molecular complexity index is 832. The van der Waals surface area contributed by atoms with E-state index >= 15 is 0 Å². The molecule has 1 atom stereocenters. The molecule has 1 aromatic heterocycles. The third-order valence-corrected chi connectivity index (χ3v) is 3.78. The minimum Gasteiger partial charge on any atom is -0.380 e. The number of carbonyl (C=O) groups is 1. The van der Waals surface area contributed by atoms with Gasteiger partial charge in [-0.15, -0.1) is 0 Å². The van der Waals surface area contributed by atoms with Gasteiger partial charge in [0.25, 0.3) is 0 Å². The second-order valence-corrected chi connectivity index (χ2v) is 6.03. The van der Waals surface area contributed by atoms with E-state index < -0.39 is 23.1 Å². The van der Waals surface area contributed by atoms with Gasteiger partial charge in [-0.1, -0.05) is 18.2 Å². The van der Waals surface area contributed by atoms with Crippen molar-refractivity contribution in [3.05, 3.63) is 58.7 Å². The molecule has 0 bridgehead atoms. The van der Waals surface area contributed by atoms with E-state index in [0.29, 0.717) is 23.0 Å². The van der Waals surface area contributed by atoms with Crippen LogP contribution >= 0.6 is 0 Å². The summed E-state index contributed by atoms with van der Waals surface area (Å²) >= 11 is 0. The Balaban J connectivity index is 2.11. The maximum Gasteiger partial charge on any atom is 0.419 e. The first-order valence-corrected chi connectivity index (χ1v) is 7.35. The van der Waals surface area contributed by atoms with Crippen LogP contribution in [0.3, 0.4) is 0 Å². The van der Waals surface area contributed by atoms with Crippen LogP contribution in [0.25, 0.3) is 4.85 Å². The number of hydrogen-bond donors (Lipinski definition) is 1. The van der Waals surface area contributed by atoms with Gasteiger partial charge in [0, 0.05) is 12.6 Å². The minimum atomic E-state index is -4.53. The topological polar surface area (TPSA) is 59.5 Å². The second-order valence-electron chi connectivity index (χ2n) is 6.03. The molecule has 0 radical (unpaired) electrons. The summed E-state index contributed by atoms with van der Waals surface area (Å²) in [5, 5.41) is 13.9. The van der Waals surface area contributed by atoms with Crippen molar-refractivity contribution >= 4 is 11.5 Å². The Morgan fingerprint density at radius 2 is 2.08 bits per heavy atom. The fraction of sp³-hybridized carbons (Fsp3) is 0.353. The van der Waals surface area contributed by atoms with E-state index in [9.17, 15) is 23.1 Å². The molecule has 2 rings (SSSR count). The van der Waals surface area contributed by atoms with Gasteiger partial charge in [-0.2, -0.15) is 18.3 Å². The molecule has 0 aliphatic carbocycles. The van der Waals surface area contributed by atoms with Crippen LogP contribution in [0.4, 0.5) is 18.9 Å². The van der Waals surface area contributed by atoms with E-state index in [1.54, 1.807) is 25.1 Å². The van der Waals surface area contributed by atoms with Gasteiger partial charge in [-0.3, -0.25) is 9.48 Å².